The van der Waals surface area contributed by atoms with Crippen LogP contribution in [-0.2, 0) is 26.2 Å². The van der Waals surface area contributed by atoms with Crippen LogP contribution in [0.1, 0.15) is 12.8 Å². The topological polar surface area (TPSA) is 0 Å². The maximum atomic E-state index is 3.20. The van der Waals surface area contributed by atoms with E-state index in [2.05, 4.69) is 88.8 Å². The number of allylic oxidation sites excluding steroid dienone is 8. The normalized spacial score (nSPS) is 15.8. The van der Waals surface area contributed by atoms with Crippen LogP contribution in [0.15, 0.2) is 34.7 Å². The van der Waals surface area contributed by atoms with Gasteiger partial charge in [0.05, 0.1) is 0 Å². The van der Waals surface area contributed by atoms with Crippen molar-refractivity contribution in [2.24, 2.45) is 0 Å². The fraction of sp³-hybridized carbons (Fsp3) is 0.556. The van der Waals surface area contributed by atoms with Gasteiger partial charge >= 0.3 is 26.2 Å². The zero-order valence-corrected chi connectivity index (χ0v) is 21.4. The van der Waals surface area contributed by atoms with Gasteiger partial charge < -0.3 is 0 Å². The van der Waals surface area contributed by atoms with Crippen LogP contribution in [0, 0.1) is 12.2 Å². The summed E-state index contributed by atoms with van der Waals surface area (Å²) in [5.74, 6) is 0. The Hall–Kier alpha value is 0.494. The van der Waals surface area contributed by atoms with Crippen LogP contribution in [0.4, 0.5) is 0 Å². The van der Waals surface area contributed by atoms with Gasteiger partial charge in [-0.1, -0.05) is 52.4 Å². The first-order valence-electron chi connectivity index (χ1n) is 7.91. The summed E-state index contributed by atoms with van der Waals surface area (Å²) in [4.78, 5) is 0. The van der Waals surface area contributed by atoms with Gasteiger partial charge in [0.15, 0.2) is 0 Å². The van der Waals surface area contributed by atoms with Crippen molar-refractivity contribution in [1.29, 1.82) is 0 Å². The Balaban J connectivity index is 0. The minimum Gasteiger partial charge on any atom is -0.273 e. The van der Waals surface area contributed by atoms with E-state index in [1.807, 2.05) is 0 Å². The van der Waals surface area contributed by atoms with Gasteiger partial charge in [-0.3, -0.25) is 12.2 Å². The minimum absolute atomic E-state index is 0. The molecule has 0 aliphatic heterocycles. The Morgan fingerprint density at radius 2 is 1.05 bits per heavy atom. The predicted molar refractivity (Wildman–Crippen MR) is 107 cm³/mol. The molecule has 0 saturated heterocycles. The van der Waals surface area contributed by atoms with Gasteiger partial charge in [-0.05, 0) is 16.1 Å². The molecular weight excluding hydrogens is 392 g/mol. The van der Waals surface area contributed by atoms with Crippen LogP contribution in [0.3, 0.4) is 0 Å². The molecule has 0 unspecified atom stereocenters. The van der Waals surface area contributed by atoms with Crippen molar-refractivity contribution in [2.75, 3.05) is 0 Å². The predicted octanol–water partition coefficient (Wildman–Crippen LogP) is 5.62. The summed E-state index contributed by atoms with van der Waals surface area (Å²) in [6.45, 7) is 18.6. The third kappa shape index (κ3) is 11.1. The van der Waals surface area contributed by atoms with Crippen molar-refractivity contribution in [3.8, 4) is 0 Å². The standard InChI is InChI=1S/2C8H13Si.C2H7Si.Zr/c2*1-9(2,3)8-6-4-5-7-8;1-3-2;/h2*6-7H,4H2,1-3H3;3H,1-2H3;/q2*-1;;+2. The van der Waals surface area contributed by atoms with Crippen LogP contribution < -0.4 is 0 Å². The SMILES string of the molecule is C[SiH]C.C[Si](C)(C)C1=CC[C-]=C1.C[Si](C)(C)C1=CC[C-]=C1.[Zr+2]. The number of hydrogen-bond acceptors (Lipinski definition) is 0. The van der Waals surface area contributed by atoms with Crippen molar-refractivity contribution in [1.82, 2.24) is 0 Å². The third-order valence-corrected chi connectivity index (χ3v) is 7.29. The van der Waals surface area contributed by atoms with Gasteiger partial charge in [0, 0.05) is 9.52 Å². The molecule has 0 N–H and O–H groups in total. The molecule has 0 aromatic heterocycles. The van der Waals surface area contributed by atoms with E-state index in [1.54, 1.807) is 10.4 Å². The molecule has 0 saturated carbocycles. The molecule has 0 bridgehead atoms. The number of hydrogen-bond donors (Lipinski definition) is 0. The molecule has 0 atom stereocenters. The van der Waals surface area contributed by atoms with E-state index < -0.39 is 16.1 Å². The largest absolute Gasteiger partial charge is 2.00 e. The summed E-state index contributed by atoms with van der Waals surface area (Å²) >= 11 is 0. The van der Waals surface area contributed by atoms with Crippen molar-refractivity contribution >= 4 is 25.7 Å². The molecule has 2 aliphatic carbocycles. The van der Waals surface area contributed by atoms with Crippen LogP contribution in [0.2, 0.25) is 52.4 Å². The summed E-state index contributed by atoms with van der Waals surface area (Å²) in [6.07, 6.45) is 17.4. The number of rotatable bonds is 2. The summed E-state index contributed by atoms with van der Waals surface area (Å²) in [5, 5.41) is 3.12. The first-order valence-corrected chi connectivity index (χ1v) is 17.2. The van der Waals surface area contributed by atoms with Gasteiger partial charge in [0.1, 0.15) is 0 Å². The zero-order chi connectivity index (χ0) is 16.5. The van der Waals surface area contributed by atoms with Crippen LogP contribution in [-0.4, -0.2) is 25.7 Å². The van der Waals surface area contributed by atoms with E-state index in [4.69, 9.17) is 0 Å². The Labute approximate surface area is 163 Å². The molecule has 1 radical (unpaired) electrons. The second kappa shape index (κ2) is 11.9. The molecule has 0 amide bonds. The van der Waals surface area contributed by atoms with Gasteiger partial charge in [0.2, 0.25) is 0 Å². The molecule has 22 heavy (non-hydrogen) atoms. The molecule has 0 aromatic rings. The van der Waals surface area contributed by atoms with Gasteiger partial charge in [-0.25, -0.2) is 22.5 Å². The molecule has 121 valence electrons. The summed E-state index contributed by atoms with van der Waals surface area (Å²) < 4.78 is 0. The second-order valence-electron chi connectivity index (χ2n) is 7.50. The van der Waals surface area contributed by atoms with Gasteiger partial charge in [0.25, 0.3) is 0 Å². The fourth-order valence-corrected chi connectivity index (χ4v) is 4.34. The second-order valence-corrected chi connectivity index (χ2v) is 18.8. The molecular formula is C18H33Si3Zr. The Bertz CT molecular complexity index is 379. The van der Waals surface area contributed by atoms with E-state index in [0.717, 1.165) is 22.4 Å². The van der Waals surface area contributed by atoms with Crippen LogP contribution in [0.5, 0.6) is 0 Å². The quantitative estimate of drug-likeness (QED) is 0.398. The molecule has 2 rings (SSSR count). The van der Waals surface area contributed by atoms with Crippen molar-refractivity contribution < 1.29 is 26.2 Å². The first kappa shape index (κ1) is 24.7. The molecule has 2 aliphatic rings. The average Bonchev–Trinajstić information content (AvgIpc) is 3.03. The van der Waals surface area contributed by atoms with Crippen molar-refractivity contribution in [3.05, 3.63) is 46.8 Å². The zero-order valence-electron chi connectivity index (χ0n) is 15.8. The van der Waals surface area contributed by atoms with E-state index >= 15 is 0 Å². The molecule has 0 heterocycles. The Morgan fingerprint density at radius 3 is 1.14 bits per heavy atom. The van der Waals surface area contributed by atoms with Gasteiger partial charge in [-0.2, -0.15) is 12.2 Å². The van der Waals surface area contributed by atoms with E-state index in [9.17, 15) is 0 Å². The fourth-order valence-electron chi connectivity index (χ4n) is 1.84. The smallest absolute Gasteiger partial charge is 0.273 e. The minimum atomic E-state index is -0.981. The van der Waals surface area contributed by atoms with Gasteiger partial charge in [-0.15, -0.1) is 12.8 Å². The first-order chi connectivity index (χ1) is 9.62. The maximum Gasteiger partial charge on any atom is 2.00 e. The summed E-state index contributed by atoms with van der Waals surface area (Å²) in [5.41, 5.74) is 0. The van der Waals surface area contributed by atoms with E-state index in [0.29, 0.717) is 0 Å². The van der Waals surface area contributed by atoms with Crippen molar-refractivity contribution in [3.63, 3.8) is 0 Å². The molecule has 0 nitrogen and oxygen atoms in total. The third-order valence-electron chi connectivity index (χ3n) is 3.13. The summed E-state index contributed by atoms with van der Waals surface area (Å²) in [7, 11) is -1.21. The van der Waals surface area contributed by atoms with Crippen LogP contribution >= 0.6 is 0 Å². The average molecular weight is 425 g/mol. The Morgan fingerprint density at radius 1 is 0.773 bits per heavy atom. The van der Waals surface area contributed by atoms with E-state index in [1.165, 1.54) is 0 Å². The monoisotopic (exact) mass is 423 g/mol. The summed E-state index contributed by atoms with van der Waals surface area (Å²) in [6, 6.07) is 0. The van der Waals surface area contributed by atoms with E-state index in [-0.39, 0.29) is 26.2 Å². The molecule has 4 heteroatoms. The molecule has 0 fully saturated rings. The van der Waals surface area contributed by atoms with Crippen LogP contribution in [0.25, 0.3) is 0 Å². The molecule has 0 spiro atoms. The Kier molecular flexibility index (Phi) is 13.4. The van der Waals surface area contributed by atoms with Crippen molar-refractivity contribution in [2.45, 2.75) is 65.2 Å². The maximum absolute atomic E-state index is 3.20. The molecule has 0 aromatic carbocycles.